The molecule has 0 spiro atoms. The van der Waals surface area contributed by atoms with Crippen LogP contribution < -0.4 is 15.4 Å². The molecular formula is C26H17Cl2FN6O3S. The summed E-state index contributed by atoms with van der Waals surface area (Å²) >= 11 is 11.8. The lowest BCUT2D eigenvalue weighted by Gasteiger charge is -2.13. The van der Waals surface area contributed by atoms with Gasteiger partial charge in [-0.05, 0) is 66.7 Å². The summed E-state index contributed by atoms with van der Waals surface area (Å²) in [6.45, 7) is 0. The summed E-state index contributed by atoms with van der Waals surface area (Å²) in [7, 11) is -4.15. The van der Waals surface area contributed by atoms with E-state index in [9.17, 15) is 22.9 Å². The highest BCUT2D eigenvalue weighted by molar-refractivity contribution is 7.92. The predicted molar refractivity (Wildman–Crippen MR) is 147 cm³/mol. The number of aliphatic imine (C=N–C) groups is 1. The molecule has 0 atom stereocenters. The van der Waals surface area contributed by atoms with Crippen LogP contribution in [0, 0.1) is 17.1 Å². The number of hydrogen-bond acceptors (Lipinski definition) is 6. The van der Waals surface area contributed by atoms with Gasteiger partial charge in [-0.25, -0.2) is 17.8 Å². The van der Waals surface area contributed by atoms with Crippen LogP contribution in [0.25, 0.3) is 0 Å². The van der Waals surface area contributed by atoms with Gasteiger partial charge >= 0.3 is 0 Å². The minimum Gasteiger partial charge on any atom is -0.325 e. The summed E-state index contributed by atoms with van der Waals surface area (Å²) in [5.41, 5.74) is 0.404. The maximum atomic E-state index is 13.9. The lowest BCUT2D eigenvalue weighted by atomic mass is 10.2. The Hall–Kier alpha value is -4.50. The van der Waals surface area contributed by atoms with Gasteiger partial charge in [-0.15, -0.1) is 0 Å². The number of guanidine groups is 1. The molecule has 0 radical (unpaired) electrons. The van der Waals surface area contributed by atoms with Crippen molar-refractivity contribution in [3.63, 3.8) is 0 Å². The number of halogens is 3. The molecular weight excluding hydrogens is 566 g/mol. The molecule has 4 aromatic rings. The van der Waals surface area contributed by atoms with Crippen molar-refractivity contribution in [2.75, 3.05) is 10.0 Å². The van der Waals surface area contributed by atoms with Crippen molar-refractivity contribution < 1.29 is 17.6 Å². The highest BCUT2D eigenvalue weighted by Crippen LogP contribution is 2.21. The first-order valence-corrected chi connectivity index (χ1v) is 13.2. The molecule has 0 aliphatic heterocycles. The maximum absolute atomic E-state index is 13.9. The van der Waals surface area contributed by atoms with Gasteiger partial charge in [-0.3, -0.25) is 14.8 Å². The Labute approximate surface area is 233 Å². The second kappa shape index (κ2) is 11.9. The van der Waals surface area contributed by atoms with E-state index in [0.717, 1.165) is 12.1 Å². The molecule has 1 amide bonds. The molecule has 3 aromatic carbocycles. The fraction of sp³-hybridized carbons (Fsp3) is 0. The number of nitriles is 1. The van der Waals surface area contributed by atoms with E-state index in [1.807, 2.05) is 6.07 Å². The highest BCUT2D eigenvalue weighted by atomic mass is 35.5. The van der Waals surface area contributed by atoms with Crippen molar-refractivity contribution in [1.29, 1.82) is 5.26 Å². The molecule has 4 rings (SSSR count). The number of aromatic nitrogens is 1. The third-order valence-corrected chi connectivity index (χ3v) is 6.84. The fourth-order valence-corrected chi connectivity index (χ4v) is 4.78. The highest BCUT2D eigenvalue weighted by Gasteiger charge is 2.19. The van der Waals surface area contributed by atoms with Crippen molar-refractivity contribution in [3.8, 4) is 6.07 Å². The molecule has 13 heteroatoms. The first-order valence-electron chi connectivity index (χ1n) is 11.0. The van der Waals surface area contributed by atoms with Gasteiger partial charge in [0.15, 0.2) is 5.82 Å². The van der Waals surface area contributed by atoms with E-state index >= 15 is 0 Å². The lowest BCUT2D eigenvalue weighted by Crippen LogP contribution is -2.35. The number of anilines is 2. The first-order chi connectivity index (χ1) is 18.6. The van der Waals surface area contributed by atoms with E-state index in [4.69, 9.17) is 23.2 Å². The van der Waals surface area contributed by atoms with E-state index in [-0.39, 0.29) is 44.3 Å². The van der Waals surface area contributed by atoms with Gasteiger partial charge in [0.05, 0.1) is 5.56 Å². The van der Waals surface area contributed by atoms with Crippen LogP contribution in [0.4, 0.5) is 21.7 Å². The number of amides is 1. The van der Waals surface area contributed by atoms with E-state index in [1.54, 1.807) is 6.07 Å². The minimum absolute atomic E-state index is 0.00910. The number of rotatable bonds is 6. The number of sulfonamides is 1. The Balaban J connectivity index is 1.66. The molecule has 0 saturated heterocycles. The molecule has 196 valence electrons. The summed E-state index contributed by atoms with van der Waals surface area (Å²) in [5, 5.41) is 15.2. The second-order valence-electron chi connectivity index (χ2n) is 7.80. The van der Waals surface area contributed by atoms with Gasteiger partial charge in [-0.1, -0.05) is 41.4 Å². The second-order valence-corrected chi connectivity index (χ2v) is 10.3. The Kier molecular flexibility index (Phi) is 8.41. The summed E-state index contributed by atoms with van der Waals surface area (Å²) < 4.78 is 42.0. The van der Waals surface area contributed by atoms with Gasteiger partial charge in [-0.2, -0.15) is 10.3 Å². The summed E-state index contributed by atoms with van der Waals surface area (Å²) in [4.78, 5) is 21.1. The number of nitrogens with one attached hydrogen (secondary N) is 3. The van der Waals surface area contributed by atoms with E-state index in [2.05, 4.69) is 25.3 Å². The topological polar surface area (TPSA) is 136 Å². The molecule has 1 heterocycles. The lowest BCUT2D eigenvalue weighted by molar-refractivity contribution is 0.0977. The Morgan fingerprint density at radius 3 is 2.41 bits per heavy atom. The Morgan fingerprint density at radius 1 is 0.949 bits per heavy atom. The van der Waals surface area contributed by atoms with E-state index in [0.29, 0.717) is 5.02 Å². The van der Waals surface area contributed by atoms with Gasteiger partial charge in [0.1, 0.15) is 22.6 Å². The Morgan fingerprint density at radius 2 is 1.69 bits per heavy atom. The molecule has 3 N–H and O–H groups in total. The van der Waals surface area contributed by atoms with Gasteiger partial charge < -0.3 is 5.32 Å². The van der Waals surface area contributed by atoms with Crippen molar-refractivity contribution >= 4 is 62.4 Å². The number of pyridine rings is 1. The van der Waals surface area contributed by atoms with Crippen molar-refractivity contribution in [2.24, 2.45) is 4.99 Å². The standard InChI is InChI=1S/C26H17Cl2FN6O3S/c27-18-10-8-16(9-11-18)25(36)34-26(31-21-13-19(28)12-20(29)14-21)33-23-6-3-7-24(32-23)35-39(37,38)22-5-2-1-4-17(22)15-30/h1-14H,(H3,31,32,33,34,35,36). The smallest absolute Gasteiger partial charge is 0.264 e. The van der Waals surface area contributed by atoms with Crippen LogP contribution in [0.1, 0.15) is 15.9 Å². The van der Waals surface area contributed by atoms with Crippen molar-refractivity contribution in [1.82, 2.24) is 10.3 Å². The molecule has 0 unspecified atom stereocenters. The molecule has 0 fully saturated rings. The van der Waals surface area contributed by atoms with Gasteiger partial charge in [0.2, 0.25) is 5.96 Å². The number of benzene rings is 3. The number of carbonyl (C=O) groups excluding carboxylic acids is 1. The third kappa shape index (κ3) is 7.30. The normalized spacial score (nSPS) is 11.4. The van der Waals surface area contributed by atoms with Crippen LogP contribution in [0.15, 0.2) is 94.8 Å². The number of hydrogen-bond donors (Lipinski definition) is 3. The molecule has 0 saturated carbocycles. The number of carbonyl (C=O) groups is 1. The zero-order chi connectivity index (χ0) is 28.0. The molecule has 1 aromatic heterocycles. The maximum Gasteiger partial charge on any atom is 0.264 e. The zero-order valence-electron chi connectivity index (χ0n) is 19.7. The van der Waals surface area contributed by atoms with Crippen molar-refractivity contribution in [3.05, 3.63) is 112 Å². The molecule has 0 bridgehead atoms. The molecule has 9 nitrogen and oxygen atoms in total. The van der Waals surface area contributed by atoms with Crippen LogP contribution in [0.5, 0.6) is 0 Å². The Bertz CT molecular complexity index is 1700. The largest absolute Gasteiger partial charge is 0.325 e. The molecule has 39 heavy (non-hydrogen) atoms. The van der Waals surface area contributed by atoms with Gasteiger partial charge in [0.25, 0.3) is 15.9 Å². The predicted octanol–water partition coefficient (Wildman–Crippen LogP) is 5.73. The van der Waals surface area contributed by atoms with Gasteiger partial charge in [0, 0.05) is 21.3 Å². The summed E-state index contributed by atoms with van der Waals surface area (Å²) in [6, 6.07) is 21.6. The SMILES string of the molecule is N#Cc1ccccc1S(=O)(=O)Nc1cccc(/N=C(\NC(=O)c2ccc(Cl)cc2)Nc2cc(F)cc(Cl)c2)n1. The van der Waals surface area contributed by atoms with Crippen LogP contribution in [-0.4, -0.2) is 25.3 Å². The molecule has 0 aliphatic rings. The molecule has 0 aliphatic carbocycles. The average Bonchev–Trinajstić information content (AvgIpc) is 2.88. The average molecular weight is 583 g/mol. The fourth-order valence-electron chi connectivity index (χ4n) is 3.27. The quantitative estimate of drug-likeness (QED) is 0.196. The van der Waals surface area contributed by atoms with Crippen LogP contribution >= 0.6 is 23.2 Å². The van der Waals surface area contributed by atoms with Crippen LogP contribution in [0.2, 0.25) is 10.0 Å². The van der Waals surface area contributed by atoms with E-state index < -0.39 is 21.7 Å². The summed E-state index contributed by atoms with van der Waals surface area (Å²) in [6.07, 6.45) is 0. The van der Waals surface area contributed by atoms with E-state index in [1.165, 1.54) is 66.7 Å². The van der Waals surface area contributed by atoms with Crippen LogP contribution in [-0.2, 0) is 10.0 Å². The first kappa shape index (κ1) is 27.5. The van der Waals surface area contributed by atoms with Crippen LogP contribution in [0.3, 0.4) is 0 Å². The minimum atomic E-state index is -4.15. The summed E-state index contributed by atoms with van der Waals surface area (Å²) in [5.74, 6) is -1.45. The zero-order valence-corrected chi connectivity index (χ0v) is 22.0. The third-order valence-electron chi connectivity index (χ3n) is 4.96. The van der Waals surface area contributed by atoms with Crippen molar-refractivity contribution in [2.45, 2.75) is 4.90 Å². The monoisotopic (exact) mass is 582 g/mol. The number of nitrogens with zero attached hydrogens (tertiary/aromatic N) is 3.